The summed E-state index contributed by atoms with van der Waals surface area (Å²) in [5.74, 6) is 0. The number of hydrogen-bond acceptors (Lipinski definition) is 1. The first-order chi connectivity index (χ1) is 24.6. The Labute approximate surface area is 294 Å². The highest BCUT2D eigenvalue weighted by atomic mass is 15.1. The third-order valence-electron chi connectivity index (χ3n) is 10.4. The van der Waals surface area contributed by atoms with Gasteiger partial charge in [0.05, 0.1) is 5.69 Å². The summed E-state index contributed by atoms with van der Waals surface area (Å²) in [6.07, 6.45) is 0. The molecule has 1 aliphatic rings. The van der Waals surface area contributed by atoms with Gasteiger partial charge in [-0.05, 0) is 97.4 Å². The molecular formula is C49H37N. The zero-order valence-corrected chi connectivity index (χ0v) is 28.3. The Bertz CT molecular complexity index is 2380. The van der Waals surface area contributed by atoms with Gasteiger partial charge in [-0.3, -0.25) is 0 Å². The normalized spacial score (nSPS) is 12.8. The van der Waals surface area contributed by atoms with Crippen molar-refractivity contribution in [1.82, 2.24) is 0 Å². The van der Waals surface area contributed by atoms with Gasteiger partial charge in [-0.2, -0.15) is 0 Å². The summed E-state index contributed by atoms with van der Waals surface area (Å²) in [6.45, 7) is 4.77. The van der Waals surface area contributed by atoms with Crippen molar-refractivity contribution in [2.24, 2.45) is 0 Å². The second-order valence-electron chi connectivity index (χ2n) is 13.8. The molecule has 0 amide bonds. The zero-order valence-electron chi connectivity index (χ0n) is 28.3. The van der Waals surface area contributed by atoms with Crippen LogP contribution in [0.2, 0.25) is 0 Å². The third-order valence-corrected chi connectivity index (χ3v) is 10.4. The average molecular weight is 640 g/mol. The minimum absolute atomic E-state index is 0.141. The summed E-state index contributed by atoms with van der Waals surface area (Å²) < 4.78 is 0. The minimum Gasteiger partial charge on any atom is -0.310 e. The molecule has 0 fully saturated rings. The second kappa shape index (κ2) is 12.1. The Morgan fingerprint density at radius 2 is 0.800 bits per heavy atom. The van der Waals surface area contributed by atoms with Crippen molar-refractivity contribution in [3.05, 3.63) is 199 Å². The van der Waals surface area contributed by atoms with Gasteiger partial charge in [0.1, 0.15) is 0 Å². The van der Waals surface area contributed by atoms with Crippen LogP contribution < -0.4 is 4.90 Å². The number of rotatable bonds is 6. The van der Waals surface area contributed by atoms with E-state index in [1.165, 1.54) is 72.1 Å². The first-order valence-electron chi connectivity index (χ1n) is 17.4. The summed E-state index contributed by atoms with van der Waals surface area (Å²) in [7, 11) is 0. The van der Waals surface area contributed by atoms with Gasteiger partial charge in [0.25, 0.3) is 0 Å². The fraction of sp³-hybridized carbons (Fsp3) is 0.0612. The summed E-state index contributed by atoms with van der Waals surface area (Å²) >= 11 is 0. The predicted molar refractivity (Wildman–Crippen MR) is 213 cm³/mol. The summed E-state index contributed by atoms with van der Waals surface area (Å²) in [5, 5.41) is 2.54. The first kappa shape index (κ1) is 29.9. The van der Waals surface area contributed by atoms with E-state index in [1.54, 1.807) is 0 Å². The smallest absolute Gasteiger partial charge is 0.0546 e. The molecule has 8 aromatic rings. The van der Waals surface area contributed by atoms with Gasteiger partial charge >= 0.3 is 0 Å². The summed E-state index contributed by atoms with van der Waals surface area (Å²) in [4.78, 5) is 2.45. The number of benzene rings is 8. The van der Waals surface area contributed by atoms with E-state index in [-0.39, 0.29) is 5.41 Å². The Hall–Kier alpha value is -6.18. The standard InChI is InChI=1S/C49H37N/c1-49(2)46-21-13-12-20-42(46)45-33-47(43-31-26-39(32-44(43)48(45)49)36-18-10-5-11-19-36)50(40-27-22-37(23-28-40)34-14-6-3-7-15-34)41-29-24-38(25-30-41)35-16-8-4-9-17-35/h3-33H,1-2H3. The highest BCUT2D eigenvalue weighted by Crippen LogP contribution is 2.55. The molecule has 8 aromatic carbocycles. The van der Waals surface area contributed by atoms with Crippen molar-refractivity contribution >= 4 is 27.8 Å². The van der Waals surface area contributed by atoms with E-state index in [4.69, 9.17) is 0 Å². The maximum Gasteiger partial charge on any atom is 0.0546 e. The number of hydrogen-bond donors (Lipinski definition) is 0. The van der Waals surface area contributed by atoms with E-state index in [1.807, 2.05) is 0 Å². The van der Waals surface area contributed by atoms with Gasteiger partial charge in [0.15, 0.2) is 0 Å². The summed E-state index contributed by atoms with van der Waals surface area (Å²) in [5.41, 5.74) is 16.0. The van der Waals surface area contributed by atoms with Crippen LogP contribution in [0.4, 0.5) is 17.1 Å². The van der Waals surface area contributed by atoms with Gasteiger partial charge < -0.3 is 4.90 Å². The molecule has 0 saturated heterocycles. The highest BCUT2D eigenvalue weighted by Gasteiger charge is 2.38. The van der Waals surface area contributed by atoms with E-state index in [0.717, 1.165) is 11.4 Å². The predicted octanol–water partition coefficient (Wildman–Crippen LogP) is 13.6. The monoisotopic (exact) mass is 639 g/mol. The van der Waals surface area contributed by atoms with E-state index in [2.05, 4.69) is 207 Å². The number of anilines is 3. The maximum absolute atomic E-state index is 2.45. The topological polar surface area (TPSA) is 3.24 Å². The molecule has 50 heavy (non-hydrogen) atoms. The van der Waals surface area contributed by atoms with E-state index < -0.39 is 0 Å². The van der Waals surface area contributed by atoms with Crippen LogP contribution in [0.1, 0.15) is 25.0 Å². The van der Waals surface area contributed by atoms with Crippen LogP contribution in [0.25, 0.3) is 55.3 Å². The van der Waals surface area contributed by atoms with Gasteiger partial charge in [-0.15, -0.1) is 0 Å². The van der Waals surface area contributed by atoms with Crippen LogP contribution in [-0.4, -0.2) is 0 Å². The van der Waals surface area contributed by atoms with Crippen LogP contribution in [0, 0.1) is 0 Å². The highest BCUT2D eigenvalue weighted by molar-refractivity contribution is 6.08. The van der Waals surface area contributed by atoms with Crippen molar-refractivity contribution in [3.63, 3.8) is 0 Å². The van der Waals surface area contributed by atoms with Gasteiger partial charge in [-0.1, -0.05) is 166 Å². The molecule has 0 atom stereocenters. The van der Waals surface area contributed by atoms with Crippen LogP contribution in [0.15, 0.2) is 188 Å². The Balaban J connectivity index is 1.30. The largest absolute Gasteiger partial charge is 0.310 e. The van der Waals surface area contributed by atoms with Crippen LogP contribution in [0.5, 0.6) is 0 Å². The SMILES string of the molecule is CC1(C)c2ccccc2-c2cc(N(c3ccc(-c4ccccc4)cc3)c3ccc(-c4ccccc4)cc3)c3ccc(-c4ccccc4)cc3c21. The molecule has 1 aliphatic carbocycles. The lowest BCUT2D eigenvalue weighted by atomic mass is 9.79. The molecular weight excluding hydrogens is 603 g/mol. The van der Waals surface area contributed by atoms with Crippen LogP contribution >= 0.6 is 0 Å². The fourth-order valence-corrected chi connectivity index (χ4v) is 7.98. The van der Waals surface area contributed by atoms with Crippen molar-refractivity contribution in [2.75, 3.05) is 4.90 Å². The molecule has 0 saturated carbocycles. The zero-order chi connectivity index (χ0) is 33.7. The fourth-order valence-electron chi connectivity index (χ4n) is 7.98. The van der Waals surface area contributed by atoms with Crippen molar-refractivity contribution in [1.29, 1.82) is 0 Å². The molecule has 1 nitrogen and oxygen atoms in total. The molecule has 9 rings (SSSR count). The van der Waals surface area contributed by atoms with Gasteiger partial charge in [0.2, 0.25) is 0 Å². The molecule has 238 valence electrons. The lowest BCUT2D eigenvalue weighted by molar-refractivity contribution is 0.666. The molecule has 0 aliphatic heterocycles. The van der Waals surface area contributed by atoms with Crippen LogP contribution in [-0.2, 0) is 5.41 Å². The van der Waals surface area contributed by atoms with Gasteiger partial charge in [0, 0.05) is 22.2 Å². The lowest BCUT2D eigenvalue weighted by Gasteiger charge is -2.30. The maximum atomic E-state index is 2.45. The van der Waals surface area contributed by atoms with Crippen LogP contribution in [0.3, 0.4) is 0 Å². The number of fused-ring (bicyclic) bond motifs is 5. The molecule has 0 spiro atoms. The first-order valence-corrected chi connectivity index (χ1v) is 17.4. The Morgan fingerprint density at radius 1 is 0.360 bits per heavy atom. The molecule has 0 aromatic heterocycles. The van der Waals surface area contributed by atoms with Crippen molar-refractivity contribution in [3.8, 4) is 44.5 Å². The Kier molecular flexibility index (Phi) is 7.21. The molecule has 0 bridgehead atoms. The molecule has 0 radical (unpaired) electrons. The lowest BCUT2D eigenvalue weighted by Crippen LogP contribution is -2.16. The average Bonchev–Trinajstić information content (AvgIpc) is 3.42. The molecule has 0 heterocycles. The number of nitrogens with zero attached hydrogens (tertiary/aromatic N) is 1. The quantitative estimate of drug-likeness (QED) is 0.175. The van der Waals surface area contributed by atoms with E-state index in [0.29, 0.717) is 0 Å². The van der Waals surface area contributed by atoms with Crippen molar-refractivity contribution < 1.29 is 0 Å². The molecule has 0 unspecified atom stereocenters. The second-order valence-corrected chi connectivity index (χ2v) is 13.8. The van der Waals surface area contributed by atoms with Gasteiger partial charge in [-0.25, -0.2) is 0 Å². The summed E-state index contributed by atoms with van der Waals surface area (Å²) in [6, 6.07) is 68.5. The Morgan fingerprint density at radius 3 is 1.34 bits per heavy atom. The third kappa shape index (κ3) is 5.02. The molecule has 0 N–H and O–H groups in total. The minimum atomic E-state index is -0.141. The van der Waals surface area contributed by atoms with E-state index >= 15 is 0 Å². The van der Waals surface area contributed by atoms with Crippen molar-refractivity contribution in [2.45, 2.75) is 19.3 Å². The van der Waals surface area contributed by atoms with E-state index in [9.17, 15) is 0 Å². The molecule has 1 heteroatoms.